The number of benzene rings is 2. The molecule has 114 valence electrons. The molecule has 1 fully saturated rings. The molecule has 22 heavy (non-hydrogen) atoms. The predicted molar refractivity (Wildman–Crippen MR) is 87.7 cm³/mol. The zero-order chi connectivity index (χ0) is 15.4. The van der Waals surface area contributed by atoms with Gasteiger partial charge in [-0.1, -0.05) is 18.2 Å². The molecule has 1 saturated heterocycles. The lowest BCUT2D eigenvalue weighted by molar-refractivity contribution is 0.0944. The summed E-state index contributed by atoms with van der Waals surface area (Å²) in [4.78, 5) is 14.6. The molecular formula is C19H21NO2. The van der Waals surface area contributed by atoms with Crippen molar-refractivity contribution < 1.29 is 9.53 Å². The molecule has 1 aliphatic rings. The van der Waals surface area contributed by atoms with Gasteiger partial charge in [0.15, 0.2) is 5.78 Å². The number of hydrogen-bond donors (Lipinski definition) is 0. The summed E-state index contributed by atoms with van der Waals surface area (Å²) in [7, 11) is 0. The van der Waals surface area contributed by atoms with Crippen molar-refractivity contribution in [3.63, 3.8) is 0 Å². The zero-order valence-corrected chi connectivity index (χ0v) is 12.9. The maximum Gasteiger partial charge on any atom is 0.177 e. The van der Waals surface area contributed by atoms with E-state index < -0.39 is 0 Å². The van der Waals surface area contributed by atoms with E-state index in [9.17, 15) is 4.79 Å². The third-order valence-corrected chi connectivity index (χ3v) is 4.04. The third kappa shape index (κ3) is 3.55. The van der Waals surface area contributed by atoms with Crippen LogP contribution in [0.4, 0.5) is 0 Å². The molecule has 1 aliphatic heterocycles. The van der Waals surface area contributed by atoms with E-state index in [1.165, 1.54) is 12.8 Å². The highest BCUT2D eigenvalue weighted by atomic mass is 16.5. The Kier molecular flexibility index (Phi) is 4.54. The summed E-state index contributed by atoms with van der Waals surface area (Å²) in [6.45, 7) is 4.58. The lowest BCUT2D eigenvalue weighted by Gasteiger charge is -2.15. The lowest BCUT2D eigenvalue weighted by Crippen LogP contribution is -2.27. The Hall–Kier alpha value is -2.13. The molecule has 0 radical (unpaired) electrons. The van der Waals surface area contributed by atoms with E-state index in [2.05, 4.69) is 4.90 Å². The van der Waals surface area contributed by atoms with Crippen molar-refractivity contribution in [2.24, 2.45) is 0 Å². The number of Topliss-reactive ketones (excluding diaryl/α,β-unsaturated/α-hetero) is 1. The average Bonchev–Trinajstić information content (AvgIpc) is 3.01. The van der Waals surface area contributed by atoms with Gasteiger partial charge in [-0.3, -0.25) is 9.69 Å². The number of carbonyl (C=O) groups is 1. The van der Waals surface area contributed by atoms with Crippen molar-refractivity contribution >= 4 is 5.78 Å². The van der Waals surface area contributed by atoms with Gasteiger partial charge in [-0.05, 0) is 68.8 Å². The summed E-state index contributed by atoms with van der Waals surface area (Å²) in [6.07, 6.45) is 2.41. The molecule has 0 unspecified atom stereocenters. The second kappa shape index (κ2) is 6.75. The summed E-state index contributed by atoms with van der Waals surface area (Å²) >= 11 is 0. The predicted octanol–water partition coefficient (Wildman–Crippen LogP) is 4.07. The number of nitrogens with zero attached hydrogens (tertiary/aromatic N) is 1. The first-order valence-corrected chi connectivity index (χ1v) is 7.81. The fourth-order valence-corrected chi connectivity index (χ4v) is 2.87. The maximum absolute atomic E-state index is 12.4. The molecule has 0 atom stereocenters. The van der Waals surface area contributed by atoms with E-state index >= 15 is 0 Å². The Morgan fingerprint density at radius 1 is 1.05 bits per heavy atom. The molecule has 0 saturated carbocycles. The van der Waals surface area contributed by atoms with Gasteiger partial charge >= 0.3 is 0 Å². The van der Waals surface area contributed by atoms with Crippen molar-refractivity contribution in [3.8, 4) is 11.5 Å². The summed E-state index contributed by atoms with van der Waals surface area (Å²) in [5.41, 5.74) is 1.77. The number of aryl methyl sites for hydroxylation is 1. The first-order valence-electron chi connectivity index (χ1n) is 7.81. The molecular weight excluding hydrogens is 274 g/mol. The molecule has 3 rings (SSSR count). The topological polar surface area (TPSA) is 29.5 Å². The summed E-state index contributed by atoms with van der Waals surface area (Å²) in [6, 6.07) is 15.4. The van der Waals surface area contributed by atoms with Crippen molar-refractivity contribution in [1.29, 1.82) is 0 Å². The van der Waals surface area contributed by atoms with Gasteiger partial charge in [0.2, 0.25) is 0 Å². The SMILES string of the molecule is Cc1cc(Oc2ccccc2)ccc1C(=O)CN1CCCC1. The Morgan fingerprint density at radius 3 is 2.45 bits per heavy atom. The van der Waals surface area contributed by atoms with Gasteiger partial charge in [-0.15, -0.1) is 0 Å². The second-order valence-corrected chi connectivity index (χ2v) is 5.80. The van der Waals surface area contributed by atoms with E-state index in [1.807, 2.05) is 55.5 Å². The number of hydrogen-bond acceptors (Lipinski definition) is 3. The Morgan fingerprint density at radius 2 is 1.77 bits per heavy atom. The van der Waals surface area contributed by atoms with Crippen LogP contribution in [0.2, 0.25) is 0 Å². The van der Waals surface area contributed by atoms with Crippen molar-refractivity contribution in [2.45, 2.75) is 19.8 Å². The fraction of sp³-hybridized carbons (Fsp3) is 0.316. The number of rotatable bonds is 5. The normalized spacial score (nSPS) is 15.0. The summed E-state index contributed by atoms with van der Waals surface area (Å²) in [5, 5.41) is 0. The van der Waals surface area contributed by atoms with E-state index in [0.717, 1.165) is 35.7 Å². The van der Waals surface area contributed by atoms with E-state index in [4.69, 9.17) is 4.74 Å². The number of likely N-dealkylation sites (tertiary alicyclic amines) is 1. The van der Waals surface area contributed by atoms with Crippen LogP contribution in [-0.2, 0) is 0 Å². The molecule has 2 aromatic carbocycles. The van der Waals surface area contributed by atoms with Gasteiger partial charge in [0.05, 0.1) is 6.54 Å². The Bertz CT molecular complexity index is 646. The number of ether oxygens (including phenoxy) is 1. The minimum Gasteiger partial charge on any atom is -0.457 e. The monoisotopic (exact) mass is 295 g/mol. The molecule has 0 aliphatic carbocycles. The van der Waals surface area contributed by atoms with Gasteiger partial charge in [0.25, 0.3) is 0 Å². The average molecular weight is 295 g/mol. The van der Waals surface area contributed by atoms with Gasteiger partial charge in [-0.2, -0.15) is 0 Å². The number of ketones is 1. The van der Waals surface area contributed by atoms with Crippen LogP contribution in [-0.4, -0.2) is 30.3 Å². The highest BCUT2D eigenvalue weighted by Gasteiger charge is 2.17. The molecule has 3 nitrogen and oxygen atoms in total. The van der Waals surface area contributed by atoms with E-state index in [1.54, 1.807) is 0 Å². The Balaban J connectivity index is 1.70. The summed E-state index contributed by atoms with van der Waals surface area (Å²) in [5.74, 6) is 1.77. The highest BCUT2D eigenvalue weighted by molar-refractivity contribution is 5.99. The molecule has 3 heteroatoms. The first kappa shape index (κ1) is 14.8. The third-order valence-electron chi connectivity index (χ3n) is 4.04. The first-order chi connectivity index (χ1) is 10.7. The molecule has 0 aromatic heterocycles. The Labute approximate surface area is 131 Å². The standard InChI is InChI=1S/C19H21NO2/c1-15-13-17(22-16-7-3-2-4-8-16)9-10-18(15)19(21)14-20-11-5-6-12-20/h2-4,7-10,13H,5-6,11-12,14H2,1H3. The van der Waals surface area contributed by atoms with E-state index in [-0.39, 0.29) is 5.78 Å². The van der Waals surface area contributed by atoms with Crippen molar-refractivity contribution in [1.82, 2.24) is 4.90 Å². The second-order valence-electron chi connectivity index (χ2n) is 5.80. The van der Waals surface area contributed by atoms with Gasteiger partial charge in [0, 0.05) is 5.56 Å². The number of para-hydroxylation sites is 1. The largest absolute Gasteiger partial charge is 0.457 e. The zero-order valence-electron chi connectivity index (χ0n) is 12.9. The lowest BCUT2D eigenvalue weighted by atomic mass is 10.0. The van der Waals surface area contributed by atoms with Crippen LogP contribution in [0.15, 0.2) is 48.5 Å². The number of carbonyl (C=O) groups excluding carboxylic acids is 1. The molecule has 0 spiro atoms. The molecule has 2 aromatic rings. The van der Waals surface area contributed by atoms with Gasteiger partial charge in [0.1, 0.15) is 11.5 Å². The van der Waals surface area contributed by atoms with E-state index in [0.29, 0.717) is 6.54 Å². The van der Waals surface area contributed by atoms with Crippen LogP contribution < -0.4 is 4.74 Å². The quantitative estimate of drug-likeness (QED) is 0.779. The van der Waals surface area contributed by atoms with Crippen LogP contribution >= 0.6 is 0 Å². The molecule has 0 N–H and O–H groups in total. The summed E-state index contributed by atoms with van der Waals surface area (Å²) < 4.78 is 5.81. The minimum absolute atomic E-state index is 0.200. The van der Waals surface area contributed by atoms with Gasteiger partial charge < -0.3 is 4.74 Å². The maximum atomic E-state index is 12.4. The van der Waals surface area contributed by atoms with Crippen molar-refractivity contribution in [2.75, 3.05) is 19.6 Å². The van der Waals surface area contributed by atoms with Crippen LogP contribution in [0.3, 0.4) is 0 Å². The molecule has 1 heterocycles. The molecule has 0 amide bonds. The van der Waals surface area contributed by atoms with Crippen LogP contribution in [0, 0.1) is 6.92 Å². The van der Waals surface area contributed by atoms with Crippen LogP contribution in [0.1, 0.15) is 28.8 Å². The van der Waals surface area contributed by atoms with Crippen LogP contribution in [0.5, 0.6) is 11.5 Å². The van der Waals surface area contributed by atoms with Gasteiger partial charge in [-0.25, -0.2) is 0 Å². The molecule has 0 bridgehead atoms. The van der Waals surface area contributed by atoms with Crippen LogP contribution in [0.25, 0.3) is 0 Å². The minimum atomic E-state index is 0.200. The highest BCUT2D eigenvalue weighted by Crippen LogP contribution is 2.24. The fourth-order valence-electron chi connectivity index (χ4n) is 2.87. The smallest absolute Gasteiger partial charge is 0.177 e. The van der Waals surface area contributed by atoms with Crippen molar-refractivity contribution in [3.05, 3.63) is 59.7 Å².